The first-order valence-corrected chi connectivity index (χ1v) is 6.26. The van der Waals surface area contributed by atoms with E-state index in [2.05, 4.69) is 0 Å². The number of nitrogen functional groups attached to an aromatic ring is 1. The lowest BCUT2D eigenvalue weighted by atomic mass is 10.1. The van der Waals surface area contributed by atoms with Crippen molar-refractivity contribution in [1.29, 1.82) is 0 Å². The maximum absolute atomic E-state index is 11.9. The van der Waals surface area contributed by atoms with Gasteiger partial charge in [0.15, 0.2) is 0 Å². The molecule has 0 aliphatic rings. The SMILES string of the molecule is COc1cccc(COC(=O)c2ccc(C)c(N)c2)c1. The number of esters is 1. The molecule has 2 N–H and O–H groups in total. The Morgan fingerprint density at radius 1 is 1.20 bits per heavy atom. The van der Waals surface area contributed by atoms with E-state index >= 15 is 0 Å². The Balaban J connectivity index is 2.02. The third-order valence-corrected chi connectivity index (χ3v) is 3.02. The zero-order valence-electron chi connectivity index (χ0n) is 11.6. The fourth-order valence-corrected chi connectivity index (χ4v) is 1.76. The van der Waals surface area contributed by atoms with Gasteiger partial charge in [0.2, 0.25) is 0 Å². The molecule has 0 atom stereocenters. The monoisotopic (exact) mass is 271 g/mol. The zero-order chi connectivity index (χ0) is 14.5. The van der Waals surface area contributed by atoms with Crippen LogP contribution in [0.4, 0.5) is 5.69 Å². The molecule has 2 aromatic rings. The maximum atomic E-state index is 11.9. The second-order valence-corrected chi connectivity index (χ2v) is 4.50. The third kappa shape index (κ3) is 3.29. The summed E-state index contributed by atoms with van der Waals surface area (Å²) in [5.74, 6) is 0.345. The van der Waals surface area contributed by atoms with Crippen LogP contribution in [-0.2, 0) is 11.3 Å². The van der Waals surface area contributed by atoms with Gasteiger partial charge in [-0.2, -0.15) is 0 Å². The van der Waals surface area contributed by atoms with Gasteiger partial charge in [0, 0.05) is 5.69 Å². The van der Waals surface area contributed by atoms with Crippen molar-refractivity contribution in [1.82, 2.24) is 0 Å². The molecule has 0 bridgehead atoms. The van der Waals surface area contributed by atoms with Gasteiger partial charge in [0.05, 0.1) is 12.7 Å². The van der Waals surface area contributed by atoms with Gasteiger partial charge in [-0.3, -0.25) is 0 Å². The number of hydrogen-bond donors (Lipinski definition) is 1. The normalized spacial score (nSPS) is 10.1. The number of ether oxygens (including phenoxy) is 2. The van der Waals surface area contributed by atoms with Crippen LogP contribution in [0.3, 0.4) is 0 Å². The van der Waals surface area contributed by atoms with Crippen LogP contribution in [0.5, 0.6) is 5.75 Å². The average molecular weight is 271 g/mol. The standard InChI is InChI=1S/C16H17NO3/c1-11-6-7-13(9-15(11)17)16(18)20-10-12-4-3-5-14(8-12)19-2/h3-9H,10,17H2,1-2H3. The van der Waals surface area contributed by atoms with E-state index in [9.17, 15) is 4.79 Å². The van der Waals surface area contributed by atoms with E-state index in [4.69, 9.17) is 15.2 Å². The van der Waals surface area contributed by atoms with Crippen LogP contribution in [-0.4, -0.2) is 13.1 Å². The summed E-state index contributed by atoms with van der Waals surface area (Å²) < 4.78 is 10.4. The first kappa shape index (κ1) is 13.9. The fourth-order valence-electron chi connectivity index (χ4n) is 1.76. The summed E-state index contributed by atoms with van der Waals surface area (Å²) in [4.78, 5) is 11.9. The first-order chi connectivity index (χ1) is 9.60. The van der Waals surface area contributed by atoms with Crippen LogP contribution in [0.2, 0.25) is 0 Å². The first-order valence-electron chi connectivity index (χ1n) is 6.26. The number of rotatable bonds is 4. The Bertz CT molecular complexity index is 623. The fraction of sp³-hybridized carbons (Fsp3) is 0.188. The molecule has 2 rings (SSSR count). The lowest BCUT2D eigenvalue weighted by Crippen LogP contribution is -2.06. The molecule has 0 amide bonds. The van der Waals surface area contributed by atoms with E-state index in [0.29, 0.717) is 11.3 Å². The highest BCUT2D eigenvalue weighted by Crippen LogP contribution is 2.16. The molecule has 104 valence electrons. The number of methoxy groups -OCH3 is 1. The van der Waals surface area contributed by atoms with Gasteiger partial charge in [0.25, 0.3) is 0 Å². The maximum Gasteiger partial charge on any atom is 0.338 e. The van der Waals surface area contributed by atoms with E-state index in [0.717, 1.165) is 16.9 Å². The largest absolute Gasteiger partial charge is 0.497 e. The highest BCUT2D eigenvalue weighted by Gasteiger charge is 2.09. The Hall–Kier alpha value is -2.49. The van der Waals surface area contributed by atoms with E-state index in [1.54, 1.807) is 25.3 Å². The van der Waals surface area contributed by atoms with Crippen LogP contribution in [0.25, 0.3) is 0 Å². The summed E-state index contributed by atoms with van der Waals surface area (Å²) in [5.41, 5.74) is 8.63. The molecule has 0 saturated carbocycles. The van der Waals surface area contributed by atoms with E-state index in [1.807, 2.05) is 31.2 Å². The molecule has 0 heterocycles. The van der Waals surface area contributed by atoms with Crippen molar-refractivity contribution in [2.45, 2.75) is 13.5 Å². The molecule has 0 radical (unpaired) electrons. The summed E-state index contributed by atoms with van der Waals surface area (Å²) in [6.45, 7) is 2.09. The second-order valence-electron chi connectivity index (χ2n) is 4.50. The van der Waals surface area contributed by atoms with Crippen molar-refractivity contribution in [3.8, 4) is 5.75 Å². The number of carbonyl (C=O) groups is 1. The minimum atomic E-state index is -0.389. The number of hydrogen-bond acceptors (Lipinski definition) is 4. The van der Waals surface area contributed by atoms with Crippen molar-refractivity contribution in [3.05, 3.63) is 59.2 Å². The van der Waals surface area contributed by atoms with E-state index < -0.39 is 0 Å². The highest BCUT2D eigenvalue weighted by atomic mass is 16.5. The Morgan fingerprint density at radius 3 is 2.70 bits per heavy atom. The Morgan fingerprint density at radius 2 is 2.00 bits per heavy atom. The quantitative estimate of drug-likeness (QED) is 0.686. The molecule has 0 spiro atoms. The van der Waals surface area contributed by atoms with Gasteiger partial charge in [-0.25, -0.2) is 4.79 Å². The lowest BCUT2D eigenvalue weighted by molar-refractivity contribution is 0.0472. The minimum Gasteiger partial charge on any atom is -0.497 e. The smallest absolute Gasteiger partial charge is 0.338 e. The van der Waals surface area contributed by atoms with Crippen molar-refractivity contribution in [2.24, 2.45) is 0 Å². The van der Waals surface area contributed by atoms with Gasteiger partial charge in [-0.1, -0.05) is 18.2 Å². The molecular formula is C16H17NO3. The summed E-state index contributed by atoms with van der Waals surface area (Å²) >= 11 is 0. The third-order valence-electron chi connectivity index (χ3n) is 3.02. The summed E-state index contributed by atoms with van der Waals surface area (Å²) in [7, 11) is 1.60. The summed E-state index contributed by atoms with van der Waals surface area (Å²) in [6, 6.07) is 12.5. The number of nitrogens with two attached hydrogens (primary N) is 1. The van der Waals surface area contributed by atoms with Crippen molar-refractivity contribution >= 4 is 11.7 Å². The number of carbonyl (C=O) groups excluding carboxylic acids is 1. The molecule has 2 aromatic carbocycles. The molecule has 0 aliphatic carbocycles. The predicted molar refractivity (Wildman–Crippen MR) is 77.7 cm³/mol. The van der Waals surface area contributed by atoms with E-state index in [-0.39, 0.29) is 12.6 Å². The highest BCUT2D eigenvalue weighted by molar-refractivity contribution is 5.90. The molecule has 0 saturated heterocycles. The van der Waals surface area contributed by atoms with Gasteiger partial charge in [-0.15, -0.1) is 0 Å². The van der Waals surface area contributed by atoms with Crippen LogP contribution in [0.1, 0.15) is 21.5 Å². The van der Waals surface area contributed by atoms with Crippen LogP contribution >= 0.6 is 0 Å². The van der Waals surface area contributed by atoms with Crippen LogP contribution in [0.15, 0.2) is 42.5 Å². The molecule has 0 fully saturated rings. The van der Waals surface area contributed by atoms with Crippen LogP contribution in [0, 0.1) is 6.92 Å². The Kier molecular flexibility index (Phi) is 4.25. The molecule has 4 nitrogen and oxygen atoms in total. The molecule has 20 heavy (non-hydrogen) atoms. The lowest BCUT2D eigenvalue weighted by Gasteiger charge is -2.08. The number of benzene rings is 2. The zero-order valence-corrected chi connectivity index (χ0v) is 11.6. The summed E-state index contributed by atoms with van der Waals surface area (Å²) in [5, 5.41) is 0. The molecule has 4 heteroatoms. The number of aryl methyl sites for hydroxylation is 1. The van der Waals surface area contributed by atoms with E-state index in [1.165, 1.54) is 0 Å². The topological polar surface area (TPSA) is 61.5 Å². The minimum absolute atomic E-state index is 0.198. The van der Waals surface area contributed by atoms with Crippen molar-refractivity contribution < 1.29 is 14.3 Å². The molecular weight excluding hydrogens is 254 g/mol. The van der Waals surface area contributed by atoms with Gasteiger partial charge in [-0.05, 0) is 42.3 Å². The molecule has 0 aromatic heterocycles. The van der Waals surface area contributed by atoms with Gasteiger partial charge < -0.3 is 15.2 Å². The summed E-state index contributed by atoms with van der Waals surface area (Å²) in [6.07, 6.45) is 0. The molecule has 0 aliphatic heterocycles. The Labute approximate surface area is 118 Å². The van der Waals surface area contributed by atoms with Crippen molar-refractivity contribution in [3.63, 3.8) is 0 Å². The second kappa shape index (κ2) is 6.10. The van der Waals surface area contributed by atoms with Gasteiger partial charge >= 0.3 is 5.97 Å². The van der Waals surface area contributed by atoms with Gasteiger partial charge in [0.1, 0.15) is 12.4 Å². The predicted octanol–water partition coefficient (Wildman–Crippen LogP) is 2.94. The van der Waals surface area contributed by atoms with Crippen LogP contribution < -0.4 is 10.5 Å². The average Bonchev–Trinajstić information content (AvgIpc) is 2.47. The van der Waals surface area contributed by atoms with Crippen molar-refractivity contribution in [2.75, 3.05) is 12.8 Å². The molecule has 0 unspecified atom stereocenters. The number of anilines is 1.